The number of methoxy groups -OCH3 is 2. The lowest BCUT2D eigenvalue weighted by molar-refractivity contribution is 0.202. The summed E-state index contributed by atoms with van der Waals surface area (Å²) in [4.78, 5) is 19.9. The smallest absolute Gasteiger partial charge is 0.322 e. The third kappa shape index (κ3) is 3.74. The van der Waals surface area contributed by atoms with E-state index in [0.29, 0.717) is 23.7 Å². The van der Waals surface area contributed by atoms with Gasteiger partial charge in [-0.15, -0.1) is 11.3 Å². The highest BCUT2D eigenvalue weighted by Gasteiger charge is 2.50. The Morgan fingerprint density at radius 3 is 2.61 bits per heavy atom. The lowest BCUT2D eigenvalue weighted by atomic mass is 9.75. The van der Waals surface area contributed by atoms with Crippen LogP contribution in [0.1, 0.15) is 29.5 Å². The molecule has 7 heteroatoms. The van der Waals surface area contributed by atoms with E-state index in [0.717, 1.165) is 11.4 Å². The first-order valence-electron chi connectivity index (χ1n) is 10.3. The third-order valence-corrected chi connectivity index (χ3v) is 7.17. The van der Waals surface area contributed by atoms with Gasteiger partial charge < -0.3 is 19.7 Å². The number of carbonyl (C=O) groups excluding carboxylic acids is 1. The molecule has 6 nitrogen and oxygen atoms in total. The van der Waals surface area contributed by atoms with Crippen molar-refractivity contribution in [3.8, 4) is 11.5 Å². The van der Waals surface area contributed by atoms with Crippen molar-refractivity contribution in [2.45, 2.75) is 31.7 Å². The summed E-state index contributed by atoms with van der Waals surface area (Å²) >= 11 is 1.64. The first kappa shape index (κ1) is 21.2. The fraction of sp³-hybridized carbons (Fsp3) is 0.333. The van der Waals surface area contributed by atoms with Crippen LogP contribution in [0.3, 0.4) is 0 Å². The molecule has 0 spiro atoms. The molecule has 1 unspecified atom stereocenters. The van der Waals surface area contributed by atoms with Gasteiger partial charge in [-0.25, -0.2) is 9.78 Å². The zero-order valence-electron chi connectivity index (χ0n) is 18.2. The molecule has 0 bridgehead atoms. The quantitative estimate of drug-likeness (QED) is 0.605. The number of nitrogens with one attached hydrogen (secondary N) is 1. The van der Waals surface area contributed by atoms with Crippen LogP contribution in [0.2, 0.25) is 0 Å². The van der Waals surface area contributed by atoms with Crippen LogP contribution in [0, 0.1) is 6.92 Å². The van der Waals surface area contributed by atoms with Crippen LogP contribution in [0.4, 0.5) is 10.5 Å². The Morgan fingerprint density at radius 1 is 1.19 bits per heavy atom. The van der Waals surface area contributed by atoms with Gasteiger partial charge in [-0.2, -0.15) is 0 Å². The van der Waals surface area contributed by atoms with Crippen molar-refractivity contribution in [2.24, 2.45) is 0 Å². The van der Waals surface area contributed by atoms with Crippen molar-refractivity contribution in [1.82, 2.24) is 9.88 Å². The number of aryl methyl sites for hydroxylation is 1. The highest BCUT2D eigenvalue weighted by atomic mass is 32.1. The van der Waals surface area contributed by atoms with Gasteiger partial charge in [0.1, 0.15) is 16.5 Å². The summed E-state index contributed by atoms with van der Waals surface area (Å²) in [6, 6.07) is 13.7. The van der Waals surface area contributed by atoms with Gasteiger partial charge in [0.25, 0.3) is 0 Å². The standard InChI is InChI=1S/C24H27N3O3S/c1-16-5-7-18(8-6-16)24(22-25-12-14-31-22)11-13-27(17(24)2)23(28)26-20-15-19(29-3)9-10-21(20)30-4/h5-10,12,14-15,17H,11,13H2,1-4H3,(H,26,28)/t17-,24?/m0/s1. The van der Waals surface area contributed by atoms with Crippen molar-refractivity contribution < 1.29 is 14.3 Å². The van der Waals surface area contributed by atoms with Crippen LogP contribution >= 0.6 is 11.3 Å². The lowest BCUT2D eigenvalue weighted by Gasteiger charge is -2.35. The summed E-state index contributed by atoms with van der Waals surface area (Å²) in [6.07, 6.45) is 2.65. The van der Waals surface area contributed by atoms with Crippen molar-refractivity contribution in [3.05, 3.63) is 70.2 Å². The van der Waals surface area contributed by atoms with Gasteiger partial charge >= 0.3 is 6.03 Å². The first-order chi connectivity index (χ1) is 15.0. The molecular formula is C24H27N3O3S. The number of ether oxygens (including phenoxy) is 2. The van der Waals surface area contributed by atoms with E-state index in [1.165, 1.54) is 11.1 Å². The zero-order chi connectivity index (χ0) is 22.0. The monoisotopic (exact) mass is 437 g/mol. The van der Waals surface area contributed by atoms with Gasteiger partial charge in [0.05, 0.1) is 25.3 Å². The molecule has 1 fully saturated rings. The molecule has 2 heterocycles. The molecule has 162 valence electrons. The number of rotatable bonds is 5. The summed E-state index contributed by atoms with van der Waals surface area (Å²) in [7, 11) is 3.18. The average molecular weight is 438 g/mol. The Morgan fingerprint density at radius 2 is 1.97 bits per heavy atom. The van der Waals surface area contributed by atoms with Crippen molar-refractivity contribution in [1.29, 1.82) is 0 Å². The molecule has 1 aliphatic heterocycles. The maximum Gasteiger partial charge on any atom is 0.322 e. The van der Waals surface area contributed by atoms with Crippen LogP contribution in [-0.2, 0) is 5.41 Å². The average Bonchev–Trinajstić information content (AvgIpc) is 3.43. The zero-order valence-corrected chi connectivity index (χ0v) is 19.0. The Bertz CT molecular complexity index is 1050. The Hall–Kier alpha value is -3.06. The van der Waals surface area contributed by atoms with Crippen molar-refractivity contribution >= 4 is 23.1 Å². The van der Waals surface area contributed by atoms with Crippen molar-refractivity contribution in [3.63, 3.8) is 0 Å². The van der Waals surface area contributed by atoms with Gasteiger partial charge in [-0.3, -0.25) is 0 Å². The van der Waals surface area contributed by atoms with E-state index in [1.807, 2.05) is 16.5 Å². The van der Waals surface area contributed by atoms with Crippen LogP contribution in [0.5, 0.6) is 11.5 Å². The number of amides is 2. The number of carbonyl (C=O) groups is 1. The number of urea groups is 1. The Balaban J connectivity index is 1.66. The molecule has 31 heavy (non-hydrogen) atoms. The molecule has 2 atom stereocenters. The molecule has 1 N–H and O–H groups in total. The lowest BCUT2D eigenvalue weighted by Crippen LogP contribution is -2.45. The Labute approximate surface area is 186 Å². The molecule has 1 saturated heterocycles. The molecule has 0 aliphatic carbocycles. The summed E-state index contributed by atoms with van der Waals surface area (Å²) in [5.41, 5.74) is 2.65. The van der Waals surface area contributed by atoms with Crippen molar-refractivity contribution in [2.75, 3.05) is 26.1 Å². The predicted molar refractivity (Wildman–Crippen MR) is 123 cm³/mol. The summed E-state index contributed by atoms with van der Waals surface area (Å²) < 4.78 is 10.7. The van der Waals surface area contributed by atoms with Gasteiger partial charge in [-0.05, 0) is 38.0 Å². The van der Waals surface area contributed by atoms with E-state index < -0.39 is 0 Å². The highest BCUT2D eigenvalue weighted by molar-refractivity contribution is 7.09. The van der Waals surface area contributed by atoms with E-state index in [1.54, 1.807) is 43.8 Å². The SMILES string of the molecule is COc1ccc(OC)c(NC(=O)N2CCC(c3ccc(C)cc3)(c3nccs3)[C@@H]2C)c1. The van der Waals surface area contributed by atoms with E-state index in [9.17, 15) is 4.79 Å². The number of likely N-dealkylation sites (tertiary alicyclic amines) is 1. The number of thiazole rings is 1. The summed E-state index contributed by atoms with van der Waals surface area (Å²) in [6.45, 7) is 4.82. The number of hydrogen-bond donors (Lipinski definition) is 1. The molecular weight excluding hydrogens is 410 g/mol. The molecule has 2 aromatic carbocycles. The molecule has 2 amide bonds. The van der Waals surface area contributed by atoms with Crippen LogP contribution < -0.4 is 14.8 Å². The second-order valence-corrected chi connectivity index (χ2v) is 8.68. The number of anilines is 1. The second-order valence-electron chi connectivity index (χ2n) is 7.79. The summed E-state index contributed by atoms with van der Waals surface area (Å²) in [5.74, 6) is 1.24. The minimum atomic E-state index is -0.336. The Kier molecular flexibility index (Phi) is 5.87. The molecule has 4 rings (SSSR count). The fourth-order valence-electron chi connectivity index (χ4n) is 4.43. The topological polar surface area (TPSA) is 63.7 Å². The number of benzene rings is 2. The van der Waals surface area contributed by atoms with E-state index in [2.05, 4.69) is 48.4 Å². The molecule has 1 aliphatic rings. The maximum absolute atomic E-state index is 13.3. The number of nitrogens with zero attached hydrogens (tertiary/aromatic N) is 2. The molecule has 1 aromatic heterocycles. The van der Waals surface area contributed by atoms with Gasteiger partial charge in [0.15, 0.2) is 0 Å². The third-order valence-electron chi connectivity index (χ3n) is 6.22. The maximum atomic E-state index is 13.3. The van der Waals surface area contributed by atoms with E-state index >= 15 is 0 Å². The van der Waals surface area contributed by atoms with Gasteiger partial charge in [-0.1, -0.05) is 29.8 Å². The van der Waals surface area contributed by atoms with Gasteiger partial charge in [0.2, 0.25) is 0 Å². The van der Waals surface area contributed by atoms with Gasteiger partial charge in [0, 0.05) is 30.2 Å². The largest absolute Gasteiger partial charge is 0.497 e. The normalized spacial score (nSPS) is 20.5. The minimum absolute atomic E-state index is 0.0713. The highest BCUT2D eigenvalue weighted by Crippen LogP contribution is 2.46. The number of aromatic nitrogens is 1. The van der Waals surface area contributed by atoms with Crippen LogP contribution in [0.25, 0.3) is 0 Å². The second kappa shape index (κ2) is 8.59. The van der Waals surface area contributed by atoms with Crippen LogP contribution in [0.15, 0.2) is 54.0 Å². The van der Waals surface area contributed by atoms with Crippen LogP contribution in [-0.4, -0.2) is 42.7 Å². The fourth-order valence-corrected chi connectivity index (χ4v) is 5.40. The van der Waals surface area contributed by atoms with E-state index in [4.69, 9.17) is 9.47 Å². The predicted octanol–water partition coefficient (Wildman–Crippen LogP) is 5.08. The first-order valence-corrected chi connectivity index (χ1v) is 11.1. The molecule has 3 aromatic rings. The molecule has 0 saturated carbocycles. The minimum Gasteiger partial charge on any atom is -0.497 e. The number of hydrogen-bond acceptors (Lipinski definition) is 5. The summed E-state index contributed by atoms with van der Waals surface area (Å²) in [5, 5.41) is 6.06. The van der Waals surface area contributed by atoms with E-state index in [-0.39, 0.29) is 17.5 Å². The molecule has 0 radical (unpaired) electrons.